The van der Waals surface area contributed by atoms with E-state index < -0.39 is 27.5 Å². The molecule has 1 aromatic carbocycles. The minimum atomic E-state index is -4.28. The highest BCUT2D eigenvalue weighted by atomic mass is 32.2. The minimum absolute atomic E-state index is 0.0351. The lowest BCUT2D eigenvalue weighted by Gasteiger charge is -2.25. The summed E-state index contributed by atoms with van der Waals surface area (Å²) in [4.78, 5) is 30.5. The van der Waals surface area contributed by atoms with Gasteiger partial charge in [0, 0.05) is 12.1 Å². The van der Waals surface area contributed by atoms with Crippen molar-refractivity contribution in [3.63, 3.8) is 0 Å². The van der Waals surface area contributed by atoms with Crippen molar-refractivity contribution < 1.29 is 22.8 Å². The van der Waals surface area contributed by atoms with Crippen molar-refractivity contribution in [1.29, 1.82) is 0 Å². The Balaban J connectivity index is 2.53. The normalized spacial score (nSPS) is 12.4. The van der Waals surface area contributed by atoms with E-state index >= 15 is 0 Å². The number of hydrogen-bond acceptors (Lipinski definition) is 7. The zero-order chi connectivity index (χ0) is 29.4. The summed E-state index contributed by atoms with van der Waals surface area (Å²) >= 11 is 0. The molecule has 0 aliphatic heterocycles. The third kappa shape index (κ3) is 8.12. The van der Waals surface area contributed by atoms with E-state index in [1.807, 2.05) is 33.8 Å². The number of guanidine groups is 1. The third-order valence-corrected chi connectivity index (χ3v) is 7.90. The van der Waals surface area contributed by atoms with Crippen LogP contribution in [0.3, 0.4) is 0 Å². The van der Waals surface area contributed by atoms with Crippen molar-refractivity contribution >= 4 is 27.6 Å². The van der Waals surface area contributed by atoms with Gasteiger partial charge in [-0.1, -0.05) is 40.2 Å². The molecule has 0 fully saturated rings. The summed E-state index contributed by atoms with van der Waals surface area (Å²) in [5.41, 5.74) is 15.9. The second-order valence-electron chi connectivity index (χ2n) is 9.83. The van der Waals surface area contributed by atoms with Crippen molar-refractivity contribution in [3.05, 3.63) is 51.9 Å². The fraction of sp³-hybridized carbons (Fsp3) is 0.500. The van der Waals surface area contributed by atoms with Gasteiger partial charge in [0.05, 0.1) is 6.61 Å². The number of pyridine rings is 1. The van der Waals surface area contributed by atoms with Crippen LogP contribution in [0.25, 0.3) is 0 Å². The predicted octanol–water partition coefficient (Wildman–Crippen LogP) is 2.45. The second-order valence-corrected chi connectivity index (χ2v) is 11.5. The molecule has 0 saturated heterocycles. The van der Waals surface area contributed by atoms with E-state index in [2.05, 4.69) is 9.88 Å². The number of nitrogens with one attached hydrogen (secondary N) is 1. The number of carbonyl (C=O) groups is 1. The third-order valence-electron chi connectivity index (χ3n) is 6.51. The van der Waals surface area contributed by atoms with Crippen LogP contribution in [-0.4, -0.2) is 38.1 Å². The van der Waals surface area contributed by atoms with Crippen LogP contribution >= 0.6 is 0 Å². The number of carbonyl (C=O) groups excluding carboxylic acids is 1. The molecule has 0 aliphatic carbocycles. The van der Waals surface area contributed by atoms with Crippen molar-refractivity contribution in [2.45, 2.75) is 76.7 Å². The summed E-state index contributed by atoms with van der Waals surface area (Å²) in [5.74, 6) is -0.930. The van der Waals surface area contributed by atoms with Gasteiger partial charge in [-0.2, -0.15) is 0 Å². The molecule has 1 atom stereocenters. The zero-order valence-corrected chi connectivity index (χ0v) is 24.0. The fourth-order valence-electron chi connectivity index (χ4n) is 3.78. The molecule has 2 aromatic rings. The van der Waals surface area contributed by atoms with Crippen LogP contribution < -0.4 is 32.2 Å². The first-order chi connectivity index (χ1) is 18.2. The van der Waals surface area contributed by atoms with Gasteiger partial charge >= 0.3 is 0 Å². The molecule has 1 unspecified atom stereocenters. The van der Waals surface area contributed by atoms with E-state index in [4.69, 9.17) is 26.8 Å². The maximum absolute atomic E-state index is 13.7. The number of sulfonamides is 1. The van der Waals surface area contributed by atoms with Crippen LogP contribution in [-0.2, 0) is 25.1 Å². The van der Waals surface area contributed by atoms with Crippen LogP contribution in [0.2, 0.25) is 0 Å². The summed E-state index contributed by atoms with van der Waals surface area (Å²) < 4.78 is 36.6. The molecule has 0 radical (unpaired) electrons. The molecule has 1 aromatic heterocycles. The highest BCUT2D eigenvalue weighted by Gasteiger charge is 2.28. The standard InChI is InChI=1S/C26H40N6O6S/c1-6-8-14-37-21-12-10-18(26(4,5)7-2)16-22(21)39(35,36)31-19-11-9-17(3)32(24(19)34)20(23(27)33)13-15-38-30-25(28)29/h9-12,16,20,31H,6-8,13-15H2,1-5H3,(H2,27,33)(H4,28,29,30). The number of amides is 1. The molecule has 0 bridgehead atoms. The molecular formula is C26H40N6O6S. The van der Waals surface area contributed by atoms with E-state index in [1.165, 1.54) is 12.1 Å². The molecule has 7 N–H and O–H groups in total. The minimum Gasteiger partial charge on any atom is -0.492 e. The van der Waals surface area contributed by atoms with Gasteiger partial charge < -0.3 is 26.8 Å². The van der Waals surface area contributed by atoms with E-state index in [0.29, 0.717) is 12.3 Å². The Kier molecular flexibility index (Phi) is 10.8. The monoisotopic (exact) mass is 564 g/mol. The number of benzene rings is 1. The number of ether oxygens (including phenoxy) is 1. The molecule has 1 amide bonds. The molecule has 39 heavy (non-hydrogen) atoms. The van der Waals surface area contributed by atoms with Gasteiger partial charge in [0.1, 0.15) is 29.0 Å². The number of nitrogens with two attached hydrogens (primary N) is 3. The van der Waals surface area contributed by atoms with Crippen LogP contribution in [0, 0.1) is 6.92 Å². The zero-order valence-electron chi connectivity index (χ0n) is 23.2. The Bertz CT molecular complexity index is 1350. The molecule has 0 spiro atoms. The fourth-order valence-corrected chi connectivity index (χ4v) is 5.01. The summed E-state index contributed by atoms with van der Waals surface area (Å²) in [7, 11) is -4.28. The number of rotatable bonds is 15. The lowest BCUT2D eigenvalue weighted by Crippen LogP contribution is -2.37. The second kappa shape index (κ2) is 13.4. The van der Waals surface area contributed by atoms with Crippen molar-refractivity contribution in [2.75, 3.05) is 17.9 Å². The van der Waals surface area contributed by atoms with Gasteiger partial charge in [-0.15, -0.1) is 0 Å². The first-order valence-corrected chi connectivity index (χ1v) is 14.3. The van der Waals surface area contributed by atoms with Gasteiger partial charge in [-0.3, -0.25) is 18.9 Å². The number of aromatic nitrogens is 1. The Hall–Kier alpha value is -3.74. The van der Waals surface area contributed by atoms with Crippen LogP contribution in [0.15, 0.2) is 45.2 Å². The average molecular weight is 565 g/mol. The van der Waals surface area contributed by atoms with E-state index in [0.717, 1.165) is 29.4 Å². The Morgan fingerprint density at radius 1 is 1.13 bits per heavy atom. The lowest BCUT2D eigenvalue weighted by molar-refractivity contribution is -0.121. The Morgan fingerprint density at radius 3 is 2.41 bits per heavy atom. The highest BCUT2D eigenvalue weighted by molar-refractivity contribution is 7.92. The average Bonchev–Trinajstić information content (AvgIpc) is 2.86. The van der Waals surface area contributed by atoms with Gasteiger partial charge in [-0.05, 0) is 60.2 Å². The van der Waals surface area contributed by atoms with Crippen LogP contribution in [0.5, 0.6) is 5.75 Å². The van der Waals surface area contributed by atoms with Crippen molar-refractivity contribution in [1.82, 2.24) is 4.57 Å². The van der Waals surface area contributed by atoms with Gasteiger partial charge in [0.2, 0.25) is 11.9 Å². The van der Waals surface area contributed by atoms with E-state index in [-0.39, 0.29) is 40.7 Å². The molecule has 2 rings (SSSR count). The summed E-state index contributed by atoms with van der Waals surface area (Å²) in [5, 5.41) is 3.39. The summed E-state index contributed by atoms with van der Waals surface area (Å²) in [6.45, 7) is 9.88. The maximum Gasteiger partial charge on any atom is 0.275 e. The SMILES string of the molecule is CCCCOc1ccc(C(C)(C)CC)cc1S(=O)(=O)Nc1ccc(C)n(C(CCON=C(N)N)C(N)=O)c1=O. The number of hydrogen-bond donors (Lipinski definition) is 4. The topological polar surface area (TPSA) is 194 Å². The number of anilines is 1. The van der Waals surface area contributed by atoms with Crippen LogP contribution in [0.1, 0.15) is 70.7 Å². The van der Waals surface area contributed by atoms with Gasteiger partial charge in [0.25, 0.3) is 15.6 Å². The summed E-state index contributed by atoms with van der Waals surface area (Å²) in [6.07, 6.45) is 2.37. The van der Waals surface area contributed by atoms with E-state index in [9.17, 15) is 18.0 Å². The molecule has 13 heteroatoms. The molecule has 0 saturated carbocycles. The molecule has 1 heterocycles. The Morgan fingerprint density at radius 2 is 1.82 bits per heavy atom. The van der Waals surface area contributed by atoms with Crippen molar-refractivity contribution in [2.24, 2.45) is 22.4 Å². The largest absolute Gasteiger partial charge is 0.492 e. The predicted molar refractivity (Wildman–Crippen MR) is 151 cm³/mol. The molecule has 216 valence electrons. The molecule has 12 nitrogen and oxygen atoms in total. The number of oxime groups is 1. The number of nitrogens with zero attached hydrogens (tertiary/aromatic N) is 2. The molecule has 0 aliphatic rings. The number of aryl methyl sites for hydroxylation is 1. The maximum atomic E-state index is 13.7. The number of primary amides is 1. The number of unbranched alkanes of at least 4 members (excludes halogenated alkanes) is 1. The first-order valence-electron chi connectivity index (χ1n) is 12.8. The highest BCUT2D eigenvalue weighted by Crippen LogP contribution is 2.34. The Labute approximate surface area is 229 Å². The van der Waals surface area contributed by atoms with Crippen molar-refractivity contribution in [3.8, 4) is 5.75 Å². The quantitative estimate of drug-likeness (QED) is 0.110. The summed E-state index contributed by atoms with van der Waals surface area (Å²) in [6, 6.07) is 6.79. The van der Waals surface area contributed by atoms with Gasteiger partial charge in [0.15, 0.2) is 0 Å². The van der Waals surface area contributed by atoms with Crippen LogP contribution in [0.4, 0.5) is 5.69 Å². The van der Waals surface area contributed by atoms with E-state index in [1.54, 1.807) is 19.1 Å². The lowest BCUT2D eigenvalue weighted by atomic mass is 9.82. The molecular weight excluding hydrogens is 524 g/mol. The first kappa shape index (κ1) is 31.5. The smallest absolute Gasteiger partial charge is 0.275 e. The van der Waals surface area contributed by atoms with Gasteiger partial charge in [-0.25, -0.2) is 8.42 Å².